The Bertz CT molecular complexity index is 940. The first-order valence-corrected chi connectivity index (χ1v) is 11.7. The minimum Gasteiger partial charge on any atom is -0.316 e. The number of hydrogen-bond acceptors (Lipinski definition) is 3. The first kappa shape index (κ1) is 20.8. The number of nitrogens with one attached hydrogen (secondary N) is 1. The second kappa shape index (κ2) is 9.13. The molecule has 0 radical (unpaired) electrons. The van der Waals surface area contributed by atoms with Crippen molar-refractivity contribution in [1.29, 1.82) is 0 Å². The standard InChI is InChI=1S/C23H24Cl2N2OS/c1-15(17-8-9-26-14-17)19-5-3-2-4-16(19)12-22-23(28)27(10-11-29-22)18-6-7-20(24)21(25)13-18/h2-7,12-13,15,17,26H,8-11,14H2,1H3. The molecular formula is C23H24Cl2N2OS. The number of anilines is 1. The number of rotatable bonds is 4. The summed E-state index contributed by atoms with van der Waals surface area (Å²) in [5.74, 6) is 1.96. The SMILES string of the molecule is CC(c1ccccc1C=C1SCCN(c2ccc(Cl)c(Cl)c2)C1=O)C1CCNC1. The van der Waals surface area contributed by atoms with Crippen molar-refractivity contribution in [3.8, 4) is 0 Å². The lowest BCUT2D eigenvalue weighted by Crippen LogP contribution is -2.37. The third-order valence-corrected chi connectivity index (χ3v) is 7.55. The number of amides is 1. The highest BCUT2D eigenvalue weighted by Gasteiger charge is 2.27. The van der Waals surface area contributed by atoms with Crippen LogP contribution in [0.3, 0.4) is 0 Å². The highest BCUT2D eigenvalue weighted by molar-refractivity contribution is 8.04. The van der Waals surface area contributed by atoms with Crippen LogP contribution in [0, 0.1) is 5.92 Å². The molecule has 0 aromatic heterocycles. The van der Waals surface area contributed by atoms with E-state index in [9.17, 15) is 4.79 Å². The molecule has 0 aliphatic carbocycles. The summed E-state index contributed by atoms with van der Waals surface area (Å²) in [6, 6.07) is 13.8. The molecule has 1 N–H and O–H groups in total. The molecule has 2 saturated heterocycles. The molecule has 2 atom stereocenters. The monoisotopic (exact) mass is 446 g/mol. The van der Waals surface area contributed by atoms with Crippen molar-refractivity contribution >= 4 is 52.6 Å². The molecule has 2 aliphatic rings. The van der Waals surface area contributed by atoms with Crippen molar-refractivity contribution in [2.24, 2.45) is 5.92 Å². The van der Waals surface area contributed by atoms with Gasteiger partial charge in [-0.3, -0.25) is 4.79 Å². The maximum absolute atomic E-state index is 13.2. The van der Waals surface area contributed by atoms with Crippen LogP contribution < -0.4 is 10.2 Å². The van der Waals surface area contributed by atoms with E-state index in [1.807, 2.05) is 12.1 Å². The summed E-state index contributed by atoms with van der Waals surface area (Å²) in [6.45, 7) is 5.10. The van der Waals surface area contributed by atoms with Gasteiger partial charge in [0.1, 0.15) is 0 Å². The molecule has 2 aromatic rings. The molecule has 1 amide bonds. The molecule has 2 aliphatic heterocycles. The van der Waals surface area contributed by atoms with Gasteiger partial charge in [0.2, 0.25) is 0 Å². The minimum atomic E-state index is 0.0182. The van der Waals surface area contributed by atoms with Crippen LogP contribution in [0.4, 0.5) is 5.69 Å². The Hall–Kier alpha value is -1.46. The van der Waals surface area contributed by atoms with Crippen LogP contribution in [0.25, 0.3) is 6.08 Å². The molecule has 2 unspecified atom stereocenters. The summed E-state index contributed by atoms with van der Waals surface area (Å²) in [6.07, 6.45) is 3.26. The van der Waals surface area contributed by atoms with E-state index in [2.05, 4.69) is 36.5 Å². The Balaban J connectivity index is 1.62. The van der Waals surface area contributed by atoms with Gasteiger partial charge in [-0.05, 0) is 66.7 Å². The largest absolute Gasteiger partial charge is 0.316 e. The van der Waals surface area contributed by atoms with E-state index in [-0.39, 0.29) is 5.91 Å². The van der Waals surface area contributed by atoms with Crippen molar-refractivity contribution < 1.29 is 4.79 Å². The minimum absolute atomic E-state index is 0.0182. The second-order valence-corrected chi connectivity index (χ2v) is 9.53. The van der Waals surface area contributed by atoms with Gasteiger partial charge in [-0.1, -0.05) is 54.4 Å². The maximum atomic E-state index is 13.2. The van der Waals surface area contributed by atoms with Crippen molar-refractivity contribution in [1.82, 2.24) is 5.32 Å². The fourth-order valence-corrected chi connectivity index (χ4v) is 5.33. The van der Waals surface area contributed by atoms with Gasteiger partial charge >= 0.3 is 0 Å². The fourth-order valence-electron chi connectivity index (χ4n) is 4.10. The predicted molar refractivity (Wildman–Crippen MR) is 125 cm³/mol. The number of benzene rings is 2. The summed E-state index contributed by atoms with van der Waals surface area (Å²) < 4.78 is 0. The van der Waals surface area contributed by atoms with Crippen molar-refractivity contribution in [2.75, 3.05) is 30.3 Å². The Morgan fingerprint density at radius 2 is 2.03 bits per heavy atom. The Kier molecular flexibility index (Phi) is 6.55. The Labute approximate surface area is 186 Å². The molecule has 3 nitrogen and oxygen atoms in total. The quantitative estimate of drug-likeness (QED) is 0.599. The van der Waals surface area contributed by atoms with Crippen LogP contribution in [-0.2, 0) is 4.79 Å². The number of carbonyl (C=O) groups excluding carboxylic acids is 1. The summed E-state index contributed by atoms with van der Waals surface area (Å²) >= 11 is 13.8. The third-order valence-electron chi connectivity index (χ3n) is 5.82. The van der Waals surface area contributed by atoms with Crippen molar-refractivity contribution in [3.63, 3.8) is 0 Å². The van der Waals surface area contributed by atoms with Crippen molar-refractivity contribution in [2.45, 2.75) is 19.3 Å². The van der Waals surface area contributed by atoms with Gasteiger partial charge in [-0.15, -0.1) is 11.8 Å². The van der Waals surface area contributed by atoms with Gasteiger partial charge in [-0.2, -0.15) is 0 Å². The molecule has 0 bridgehead atoms. The molecule has 29 heavy (non-hydrogen) atoms. The number of hydrogen-bond donors (Lipinski definition) is 1. The van der Waals surface area contributed by atoms with Gasteiger partial charge in [0.05, 0.1) is 15.0 Å². The lowest BCUT2D eigenvalue weighted by Gasteiger charge is -2.29. The number of halogens is 2. The zero-order valence-electron chi connectivity index (χ0n) is 16.3. The van der Waals surface area contributed by atoms with E-state index in [0.717, 1.165) is 35.0 Å². The normalized spacial score (nSPS) is 22.3. The molecule has 6 heteroatoms. The maximum Gasteiger partial charge on any atom is 0.264 e. The summed E-state index contributed by atoms with van der Waals surface area (Å²) in [5, 5.41) is 4.42. The fraction of sp³-hybridized carbons (Fsp3) is 0.348. The van der Waals surface area contributed by atoms with Crippen LogP contribution in [-0.4, -0.2) is 31.3 Å². The predicted octanol–water partition coefficient (Wildman–Crippen LogP) is 5.83. The van der Waals surface area contributed by atoms with Gasteiger partial charge < -0.3 is 10.2 Å². The molecule has 0 spiro atoms. The molecule has 0 saturated carbocycles. The summed E-state index contributed by atoms with van der Waals surface area (Å²) in [5.41, 5.74) is 3.24. The van der Waals surface area contributed by atoms with Gasteiger partial charge in [0.25, 0.3) is 5.91 Å². The zero-order valence-corrected chi connectivity index (χ0v) is 18.7. The van der Waals surface area contributed by atoms with Gasteiger partial charge in [0.15, 0.2) is 0 Å². The lowest BCUT2D eigenvalue weighted by molar-refractivity contribution is -0.114. The van der Waals surface area contributed by atoms with Crippen LogP contribution in [0.1, 0.15) is 30.4 Å². The summed E-state index contributed by atoms with van der Waals surface area (Å²) in [7, 11) is 0. The number of carbonyl (C=O) groups is 1. The third kappa shape index (κ3) is 4.51. The lowest BCUT2D eigenvalue weighted by atomic mass is 9.84. The number of thioether (sulfide) groups is 1. The van der Waals surface area contributed by atoms with Gasteiger partial charge in [0, 0.05) is 18.0 Å². The molecular weight excluding hydrogens is 423 g/mol. The van der Waals surface area contributed by atoms with E-state index in [4.69, 9.17) is 23.2 Å². The Morgan fingerprint density at radius 1 is 1.21 bits per heavy atom. The van der Waals surface area contributed by atoms with E-state index in [0.29, 0.717) is 28.4 Å². The highest BCUT2D eigenvalue weighted by Crippen LogP contribution is 2.36. The average Bonchev–Trinajstić information content (AvgIpc) is 3.26. The topological polar surface area (TPSA) is 32.3 Å². The molecule has 2 heterocycles. The van der Waals surface area contributed by atoms with Crippen LogP contribution in [0.2, 0.25) is 10.0 Å². The zero-order chi connectivity index (χ0) is 20.4. The molecule has 2 fully saturated rings. The second-order valence-electron chi connectivity index (χ2n) is 7.58. The molecule has 152 valence electrons. The molecule has 4 rings (SSSR count). The first-order chi connectivity index (χ1) is 14.0. The number of nitrogens with zero attached hydrogens (tertiary/aromatic N) is 1. The smallest absolute Gasteiger partial charge is 0.264 e. The van der Waals surface area contributed by atoms with Crippen LogP contribution >= 0.6 is 35.0 Å². The van der Waals surface area contributed by atoms with E-state index in [1.165, 1.54) is 12.0 Å². The highest BCUT2D eigenvalue weighted by atomic mass is 35.5. The van der Waals surface area contributed by atoms with Crippen LogP contribution in [0.5, 0.6) is 0 Å². The van der Waals surface area contributed by atoms with E-state index >= 15 is 0 Å². The van der Waals surface area contributed by atoms with Crippen LogP contribution in [0.15, 0.2) is 47.4 Å². The van der Waals surface area contributed by atoms with Gasteiger partial charge in [-0.25, -0.2) is 0 Å². The summed E-state index contributed by atoms with van der Waals surface area (Å²) in [4.78, 5) is 15.8. The average molecular weight is 447 g/mol. The van der Waals surface area contributed by atoms with E-state index in [1.54, 1.807) is 28.8 Å². The van der Waals surface area contributed by atoms with Crippen molar-refractivity contribution in [3.05, 3.63) is 68.5 Å². The van der Waals surface area contributed by atoms with E-state index < -0.39 is 0 Å². The Morgan fingerprint density at radius 3 is 2.79 bits per heavy atom. The molecule has 2 aromatic carbocycles. The first-order valence-electron chi connectivity index (χ1n) is 9.95.